The topological polar surface area (TPSA) is 38.3 Å². The third-order valence-corrected chi connectivity index (χ3v) is 4.16. The van der Waals surface area contributed by atoms with Crippen LogP contribution in [0.25, 0.3) is 0 Å². The molecule has 1 amide bonds. The fourth-order valence-electron chi connectivity index (χ4n) is 1.81. The number of ether oxygens (including phenoxy) is 1. The van der Waals surface area contributed by atoms with Crippen molar-refractivity contribution in [1.82, 2.24) is 5.32 Å². The Balaban J connectivity index is 1.85. The molecular formula is C16H18ClNO2S. The van der Waals surface area contributed by atoms with E-state index in [1.54, 1.807) is 49.4 Å². The van der Waals surface area contributed by atoms with Gasteiger partial charge in [0.1, 0.15) is 5.75 Å². The van der Waals surface area contributed by atoms with Crippen LogP contribution in [0.15, 0.2) is 41.8 Å². The number of amides is 1. The first-order valence-electron chi connectivity index (χ1n) is 6.72. The Hall–Kier alpha value is -1.52. The first-order valence-corrected chi connectivity index (χ1v) is 7.98. The summed E-state index contributed by atoms with van der Waals surface area (Å²) in [6.07, 6.45) is 0.834. The molecule has 1 aromatic carbocycles. The molecule has 0 spiro atoms. The average Bonchev–Trinajstić information content (AvgIpc) is 2.94. The molecule has 0 aliphatic rings. The average molecular weight is 324 g/mol. The zero-order valence-electron chi connectivity index (χ0n) is 12.1. The molecule has 0 aliphatic carbocycles. The van der Waals surface area contributed by atoms with Crippen LogP contribution in [0.1, 0.15) is 18.7 Å². The van der Waals surface area contributed by atoms with E-state index in [1.165, 1.54) is 4.88 Å². The lowest BCUT2D eigenvalue weighted by molar-refractivity contribution is -0.134. The molecule has 0 fully saturated rings. The molecule has 112 valence electrons. The maximum atomic E-state index is 12.2. The number of carbonyl (C=O) groups excluding carboxylic acids is 1. The second-order valence-electron chi connectivity index (χ2n) is 5.15. The van der Waals surface area contributed by atoms with Crippen molar-refractivity contribution in [2.45, 2.75) is 25.9 Å². The van der Waals surface area contributed by atoms with Crippen molar-refractivity contribution in [3.05, 3.63) is 51.7 Å². The number of rotatable bonds is 6. The van der Waals surface area contributed by atoms with Gasteiger partial charge in [-0.25, -0.2) is 0 Å². The molecular weight excluding hydrogens is 306 g/mol. The highest BCUT2D eigenvalue weighted by Crippen LogP contribution is 2.21. The van der Waals surface area contributed by atoms with E-state index in [-0.39, 0.29) is 5.91 Å². The Morgan fingerprint density at radius 2 is 2.00 bits per heavy atom. The molecule has 0 atom stereocenters. The van der Waals surface area contributed by atoms with Gasteiger partial charge in [-0.1, -0.05) is 17.7 Å². The first kappa shape index (κ1) is 15.9. The summed E-state index contributed by atoms with van der Waals surface area (Å²) in [7, 11) is 0. The third kappa shape index (κ3) is 4.76. The number of hydrogen-bond acceptors (Lipinski definition) is 3. The van der Waals surface area contributed by atoms with Crippen LogP contribution in [-0.2, 0) is 11.2 Å². The van der Waals surface area contributed by atoms with Gasteiger partial charge in [-0.05, 0) is 56.0 Å². The van der Waals surface area contributed by atoms with Gasteiger partial charge in [-0.3, -0.25) is 4.79 Å². The molecule has 5 heteroatoms. The number of benzene rings is 1. The highest BCUT2D eigenvalue weighted by atomic mass is 35.5. The van der Waals surface area contributed by atoms with Gasteiger partial charge in [0, 0.05) is 16.4 Å². The SMILES string of the molecule is CC(C)(Oc1ccc(Cl)cc1)C(=O)NCCc1cccs1. The number of thiophene rings is 1. The van der Waals surface area contributed by atoms with E-state index in [4.69, 9.17) is 16.3 Å². The van der Waals surface area contributed by atoms with Gasteiger partial charge >= 0.3 is 0 Å². The lowest BCUT2D eigenvalue weighted by Crippen LogP contribution is -2.47. The van der Waals surface area contributed by atoms with E-state index < -0.39 is 5.60 Å². The van der Waals surface area contributed by atoms with Crippen LogP contribution in [0.4, 0.5) is 0 Å². The molecule has 0 aliphatic heterocycles. The van der Waals surface area contributed by atoms with Crippen LogP contribution in [0, 0.1) is 0 Å². The van der Waals surface area contributed by atoms with Gasteiger partial charge in [0.15, 0.2) is 5.60 Å². The highest BCUT2D eigenvalue weighted by Gasteiger charge is 2.29. The smallest absolute Gasteiger partial charge is 0.263 e. The number of carbonyl (C=O) groups is 1. The monoisotopic (exact) mass is 323 g/mol. The molecule has 3 nitrogen and oxygen atoms in total. The minimum Gasteiger partial charge on any atom is -0.478 e. The normalized spacial score (nSPS) is 11.2. The van der Waals surface area contributed by atoms with Crippen LogP contribution in [0.5, 0.6) is 5.75 Å². The maximum absolute atomic E-state index is 12.2. The van der Waals surface area contributed by atoms with Crippen LogP contribution in [0.3, 0.4) is 0 Å². The molecule has 0 bridgehead atoms. The summed E-state index contributed by atoms with van der Waals surface area (Å²) in [5.41, 5.74) is -0.927. The van der Waals surface area contributed by atoms with Gasteiger partial charge < -0.3 is 10.1 Å². The Morgan fingerprint density at radius 3 is 2.62 bits per heavy atom. The van der Waals surface area contributed by atoms with Crippen molar-refractivity contribution in [3.63, 3.8) is 0 Å². The summed E-state index contributed by atoms with van der Waals surface area (Å²) in [6.45, 7) is 4.11. The van der Waals surface area contributed by atoms with Gasteiger partial charge in [0.05, 0.1) is 0 Å². The molecule has 21 heavy (non-hydrogen) atoms. The molecule has 0 saturated heterocycles. The Labute approximate surface area is 133 Å². The summed E-state index contributed by atoms with van der Waals surface area (Å²) in [4.78, 5) is 13.5. The summed E-state index contributed by atoms with van der Waals surface area (Å²) in [5, 5.41) is 5.58. The van der Waals surface area contributed by atoms with Crippen LogP contribution in [-0.4, -0.2) is 18.1 Å². The van der Waals surface area contributed by atoms with Crippen molar-refractivity contribution in [2.24, 2.45) is 0 Å². The van der Waals surface area contributed by atoms with E-state index in [0.29, 0.717) is 17.3 Å². The number of nitrogens with one attached hydrogen (secondary N) is 1. The van der Waals surface area contributed by atoms with E-state index in [1.807, 2.05) is 11.4 Å². The zero-order valence-corrected chi connectivity index (χ0v) is 13.6. The Morgan fingerprint density at radius 1 is 1.29 bits per heavy atom. The molecule has 2 aromatic rings. The summed E-state index contributed by atoms with van der Waals surface area (Å²) >= 11 is 7.52. The minimum absolute atomic E-state index is 0.131. The van der Waals surface area contributed by atoms with Crippen molar-refractivity contribution < 1.29 is 9.53 Å². The van der Waals surface area contributed by atoms with Crippen molar-refractivity contribution >= 4 is 28.8 Å². The first-order chi connectivity index (χ1) is 9.97. The predicted molar refractivity (Wildman–Crippen MR) is 87.2 cm³/mol. The van der Waals surface area contributed by atoms with E-state index >= 15 is 0 Å². The largest absolute Gasteiger partial charge is 0.478 e. The van der Waals surface area contributed by atoms with Crippen molar-refractivity contribution in [1.29, 1.82) is 0 Å². The molecule has 0 unspecified atom stereocenters. The zero-order chi connectivity index (χ0) is 15.3. The molecule has 1 N–H and O–H groups in total. The summed E-state index contributed by atoms with van der Waals surface area (Å²) in [6, 6.07) is 11.1. The van der Waals surface area contributed by atoms with Gasteiger partial charge in [0.2, 0.25) is 0 Å². The number of hydrogen-bond donors (Lipinski definition) is 1. The van der Waals surface area contributed by atoms with Gasteiger partial charge in [0.25, 0.3) is 5.91 Å². The summed E-state index contributed by atoms with van der Waals surface area (Å²) < 4.78 is 5.74. The fourth-order valence-corrected chi connectivity index (χ4v) is 2.65. The van der Waals surface area contributed by atoms with Crippen LogP contribution >= 0.6 is 22.9 Å². The second kappa shape index (κ2) is 6.96. The lowest BCUT2D eigenvalue weighted by Gasteiger charge is -2.25. The molecule has 0 radical (unpaired) electrons. The van der Waals surface area contributed by atoms with E-state index in [2.05, 4.69) is 11.4 Å². The molecule has 1 heterocycles. The van der Waals surface area contributed by atoms with E-state index in [9.17, 15) is 4.79 Å². The Bertz CT molecular complexity index is 579. The predicted octanol–water partition coefficient (Wildman–Crippen LogP) is 3.92. The fraction of sp³-hybridized carbons (Fsp3) is 0.312. The van der Waals surface area contributed by atoms with Crippen LogP contribution in [0.2, 0.25) is 5.02 Å². The Kier molecular flexibility index (Phi) is 5.26. The van der Waals surface area contributed by atoms with Gasteiger partial charge in [-0.2, -0.15) is 0 Å². The lowest BCUT2D eigenvalue weighted by atomic mass is 10.1. The van der Waals surface area contributed by atoms with Crippen molar-refractivity contribution in [3.8, 4) is 5.75 Å². The molecule has 2 rings (SSSR count). The minimum atomic E-state index is -0.927. The van der Waals surface area contributed by atoms with E-state index in [0.717, 1.165) is 6.42 Å². The maximum Gasteiger partial charge on any atom is 0.263 e. The highest BCUT2D eigenvalue weighted by molar-refractivity contribution is 7.09. The number of halogens is 1. The summed E-state index contributed by atoms with van der Waals surface area (Å²) in [5.74, 6) is 0.492. The van der Waals surface area contributed by atoms with Crippen molar-refractivity contribution in [2.75, 3.05) is 6.54 Å². The molecule has 1 aromatic heterocycles. The molecule has 0 saturated carbocycles. The standard InChI is InChI=1S/C16H18ClNO2S/c1-16(2,20-13-7-5-12(17)6-8-13)15(19)18-10-9-14-4-3-11-21-14/h3-8,11H,9-10H2,1-2H3,(H,18,19). The third-order valence-electron chi connectivity index (χ3n) is 2.97. The van der Waals surface area contributed by atoms with Gasteiger partial charge in [-0.15, -0.1) is 11.3 Å². The second-order valence-corrected chi connectivity index (χ2v) is 6.62. The quantitative estimate of drug-likeness (QED) is 0.875. The van der Waals surface area contributed by atoms with Crippen LogP contribution < -0.4 is 10.1 Å².